The van der Waals surface area contributed by atoms with Gasteiger partial charge in [0.1, 0.15) is 35.6 Å². The van der Waals surface area contributed by atoms with Crippen molar-refractivity contribution in [2.45, 2.75) is 84.2 Å². The summed E-state index contributed by atoms with van der Waals surface area (Å²) >= 11 is 0. The van der Waals surface area contributed by atoms with Crippen molar-refractivity contribution in [1.29, 1.82) is 0 Å². The van der Waals surface area contributed by atoms with Crippen LogP contribution in [-0.2, 0) is 23.7 Å². The third kappa shape index (κ3) is 3.44. The number of aliphatic hydroxyl groups excluding tert-OH is 2. The Hall–Kier alpha value is -3.97. The number of aliphatic hydroxyl groups is 4. The van der Waals surface area contributed by atoms with Gasteiger partial charge in [-0.2, -0.15) is 0 Å². The summed E-state index contributed by atoms with van der Waals surface area (Å²) in [5, 5.41) is 47.1. The van der Waals surface area contributed by atoms with Crippen molar-refractivity contribution < 1.29 is 44.2 Å². The van der Waals surface area contributed by atoms with E-state index in [0.717, 1.165) is 22.3 Å². The van der Waals surface area contributed by atoms with Crippen molar-refractivity contribution in [1.82, 2.24) is 9.80 Å². The maximum absolute atomic E-state index is 13.6. The molecule has 4 aliphatic carbocycles. The molecule has 4 N–H and O–H groups in total. The number of carbonyl (C=O) groups is 1. The van der Waals surface area contributed by atoms with Crippen LogP contribution in [0.2, 0.25) is 0 Å². The van der Waals surface area contributed by atoms with Crippen molar-refractivity contribution in [2.24, 2.45) is 0 Å². The van der Waals surface area contributed by atoms with E-state index in [2.05, 4.69) is 23.0 Å². The van der Waals surface area contributed by atoms with Gasteiger partial charge in [-0.1, -0.05) is 48.6 Å². The smallest absolute Gasteiger partial charge is 0.482 e. The van der Waals surface area contributed by atoms with Crippen LogP contribution in [0.3, 0.4) is 0 Å². The second kappa shape index (κ2) is 10.1. The molecule has 260 valence electrons. The Labute approximate surface area is 289 Å². The van der Waals surface area contributed by atoms with Gasteiger partial charge in [0.2, 0.25) is 0 Å². The maximum Gasteiger partial charge on any atom is 0.519 e. The van der Waals surface area contributed by atoms with Crippen LogP contribution in [0.1, 0.15) is 35.1 Å². The highest BCUT2D eigenvalue weighted by Crippen LogP contribution is 2.66. The molecular formula is C39H40N2O9. The van der Waals surface area contributed by atoms with Crippen molar-refractivity contribution in [3.8, 4) is 23.0 Å². The molecule has 2 aromatic rings. The summed E-state index contributed by atoms with van der Waals surface area (Å²) in [6.07, 6.45) is 8.03. The zero-order chi connectivity index (χ0) is 34.4. The van der Waals surface area contributed by atoms with Gasteiger partial charge in [0.15, 0.2) is 23.0 Å². The first kappa shape index (κ1) is 30.8. The van der Waals surface area contributed by atoms with Crippen LogP contribution >= 0.6 is 0 Å². The molecule has 0 radical (unpaired) electrons. The number of ether oxygens (including phenoxy) is 4. The summed E-state index contributed by atoms with van der Waals surface area (Å²) in [6, 6.07) is 6.68. The minimum absolute atomic E-state index is 0.132. The van der Waals surface area contributed by atoms with Crippen LogP contribution in [0.5, 0.6) is 23.0 Å². The lowest BCUT2D eigenvalue weighted by Gasteiger charge is -2.61. The summed E-state index contributed by atoms with van der Waals surface area (Å²) < 4.78 is 24.7. The second-order valence-electron chi connectivity index (χ2n) is 15.2. The Morgan fingerprint density at radius 1 is 0.780 bits per heavy atom. The zero-order valence-corrected chi connectivity index (χ0v) is 27.5. The van der Waals surface area contributed by atoms with Gasteiger partial charge in [0.25, 0.3) is 0 Å². The van der Waals surface area contributed by atoms with Gasteiger partial charge >= 0.3 is 6.16 Å². The van der Waals surface area contributed by atoms with Crippen LogP contribution in [0.15, 0.2) is 73.9 Å². The van der Waals surface area contributed by atoms with Crippen LogP contribution in [0.25, 0.3) is 0 Å². The van der Waals surface area contributed by atoms with Gasteiger partial charge in [-0.3, -0.25) is 9.80 Å². The molecule has 2 aromatic carbocycles. The molecular weight excluding hydrogens is 640 g/mol. The Kier molecular flexibility index (Phi) is 6.22. The van der Waals surface area contributed by atoms with Gasteiger partial charge in [-0.05, 0) is 48.9 Å². The molecule has 4 bridgehead atoms. The van der Waals surface area contributed by atoms with E-state index < -0.39 is 52.6 Å². The Morgan fingerprint density at radius 2 is 1.22 bits per heavy atom. The van der Waals surface area contributed by atoms with Gasteiger partial charge in [-0.25, -0.2) is 4.79 Å². The molecule has 2 fully saturated rings. The second-order valence-corrected chi connectivity index (χ2v) is 15.2. The van der Waals surface area contributed by atoms with E-state index in [1.807, 2.05) is 24.3 Å². The summed E-state index contributed by atoms with van der Waals surface area (Å²) in [6.45, 7) is 10.4. The molecule has 2 spiro atoms. The van der Waals surface area contributed by atoms with E-state index in [0.29, 0.717) is 63.4 Å². The average Bonchev–Trinajstić information content (AvgIpc) is 3.64. The Morgan fingerprint density at radius 3 is 1.64 bits per heavy atom. The third-order valence-corrected chi connectivity index (χ3v) is 13.3. The molecule has 2 unspecified atom stereocenters. The standard InChI is InChI=1S/C39H40N2O9/c1-3-15-40-17-13-36-29-21-5-7-25(31(29)49-33(36)23(42)9-11-38(36,45)27(40)19-21)47-35(44)48-26-8-6-22-20-28-39(46)12-10-24(43)34-37(39,30(22)32(26)50-34)14-18-41(28)16-4-2/h3-12,23-24,27-28,33-34,42-43,45-46H,1-2,13-20H2/t23-,24?,27?,28+,33-,34-,36-,37-,38+,39+/m0/s1. The van der Waals surface area contributed by atoms with Crippen molar-refractivity contribution in [3.05, 3.63) is 96.1 Å². The Bertz CT molecular complexity index is 1810. The van der Waals surface area contributed by atoms with Crippen LogP contribution in [0, 0.1) is 0 Å². The minimum atomic E-state index is -1.31. The molecule has 0 saturated carbocycles. The first-order valence-corrected chi connectivity index (χ1v) is 17.6. The fraction of sp³-hybridized carbons (Fsp3) is 0.462. The van der Waals surface area contributed by atoms with E-state index in [-0.39, 0.29) is 23.6 Å². The normalized spacial score (nSPS) is 40.6. The van der Waals surface area contributed by atoms with E-state index in [1.54, 1.807) is 36.4 Å². The van der Waals surface area contributed by atoms with Gasteiger partial charge in [-0.15, -0.1) is 13.2 Å². The molecule has 4 heterocycles. The highest BCUT2D eigenvalue weighted by atomic mass is 16.7. The lowest BCUT2D eigenvalue weighted by Crippen LogP contribution is -2.75. The molecule has 2 saturated heterocycles. The summed E-state index contributed by atoms with van der Waals surface area (Å²) in [4.78, 5) is 18.1. The van der Waals surface area contributed by atoms with E-state index >= 15 is 0 Å². The summed E-state index contributed by atoms with van der Waals surface area (Å²) in [5.41, 5.74) is -0.969. The predicted octanol–water partition coefficient (Wildman–Crippen LogP) is 2.22. The fourth-order valence-corrected chi connectivity index (χ4v) is 11.4. The maximum atomic E-state index is 13.6. The van der Waals surface area contributed by atoms with E-state index in [1.165, 1.54) is 0 Å². The minimum Gasteiger partial charge on any atom is -0.482 e. The lowest BCUT2D eigenvalue weighted by atomic mass is 9.50. The topological polar surface area (TPSA) is 141 Å². The first-order chi connectivity index (χ1) is 24.1. The molecule has 10 atom stereocenters. The quantitative estimate of drug-likeness (QED) is 0.203. The molecule has 11 heteroatoms. The summed E-state index contributed by atoms with van der Waals surface area (Å²) in [7, 11) is 0. The first-order valence-electron chi connectivity index (χ1n) is 17.6. The van der Waals surface area contributed by atoms with Gasteiger partial charge < -0.3 is 39.4 Å². The average molecular weight is 681 g/mol. The molecule has 11 nitrogen and oxygen atoms in total. The number of piperidine rings is 2. The number of benzene rings is 2. The number of hydrogen-bond acceptors (Lipinski definition) is 11. The number of carbonyl (C=O) groups excluding carboxylic acids is 1. The van der Waals surface area contributed by atoms with Crippen LogP contribution < -0.4 is 18.9 Å². The SMILES string of the molecule is C=CCN1CC[C@]23c4c5ccc(OC(=O)Oc6ccc7c8c6O[C@H]6C(O)C=C[C@@]9(O)[C@@H](C7)N(CC=C)CC[C@]869)c4O[C@H]2[C@@H](O)C=C[C@@]3(O)C1C5. The lowest BCUT2D eigenvalue weighted by molar-refractivity contribution is -0.154. The molecule has 50 heavy (non-hydrogen) atoms. The number of likely N-dealkylation sites (tertiary alicyclic amines) is 2. The van der Waals surface area contributed by atoms with Crippen molar-refractivity contribution >= 4 is 6.16 Å². The van der Waals surface area contributed by atoms with Crippen LogP contribution in [0.4, 0.5) is 4.79 Å². The van der Waals surface area contributed by atoms with Gasteiger partial charge in [0.05, 0.1) is 10.8 Å². The predicted molar refractivity (Wildman–Crippen MR) is 180 cm³/mol. The largest absolute Gasteiger partial charge is 0.519 e. The van der Waals surface area contributed by atoms with Gasteiger partial charge in [0, 0.05) is 49.4 Å². The highest BCUT2D eigenvalue weighted by molar-refractivity contribution is 5.74. The molecule has 10 rings (SSSR count). The van der Waals surface area contributed by atoms with E-state index in [4.69, 9.17) is 18.9 Å². The highest BCUT2D eigenvalue weighted by Gasteiger charge is 2.73. The monoisotopic (exact) mass is 680 g/mol. The summed E-state index contributed by atoms with van der Waals surface area (Å²) in [5.74, 6) is 0.920. The number of rotatable bonds is 6. The molecule has 4 aliphatic heterocycles. The number of nitrogens with zero attached hydrogens (tertiary/aromatic N) is 2. The van der Waals surface area contributed by atoms with Crippen molar-refractivity contribution in [3.63, 3.8) is 0 Å². The molecule has 0 amide bonds. The van der Waals surface area contributed by atoms with Crippen molar-refractivity contribution in [2.75, 3.05) is 26.2 Å². The van der Waals surface area contributed by atoms with E-state index in [9.17, 15) is 25.2 Å². The third-order valence-electron chi connectivity index (χ3n) is 13.3. The number of hydrogen-bond donors (Lipinski definition) is 4. The fourth-order valence-electron chi connectivity index (χ4n) is 11.4. The Balaban J connectivity index is 0.997. The van der Waals surface area contributed by atoms with Crippen LogP contribution in [-0.4, -0.2) is 110 Å². The molecule has 8 aliphatic rings. The zero-order valence-electron chi connectivity index (χ0n) is 27.5. The molecule has 0 aromatic heterocycles.